The molecule has 6 nitrogen and oxygen atoms in total. The van der Waals surface area contributed by atoms with Gasteiger partial charge in [0.1, 0.15) is 5.69 Å². The van der Waals surface area contributed by atoms with Gasteiger partial charge in [-0.1, -0.05) is 12.1 Å². The van der Waals surface area contributed by atoms with Crippen molar-refractivity contribution in [2.75, 3.05) is 13.1 Å². The molecule has 0 bridgehead atoms. The maximum absolute atomic E-state index is 5.39. The second-order valence-corrected chi connectivity index (χ2v) is 4.80. The van der Waals surface area contributed by atoms with Crippen LogP contribution in [0.2, 0.25) is 0 Å². The van der Waals surface area contributed by atoms with Gasteiger partial charge >= 0.3 is 0 Å². The summed E-state index contributed by atoms with van der Waals surface area (Å²) in [5.41, 5.74) is 1.53. The van der Waals surface area contributed by atoms with Crippen molar-refractivity contribution in [3.05, 3.63) is 23.7 Å². The van der Waals surface area contributed by atoms with Crippen molar-refractivity contribution in [2.24, 2.45) is 0 Å². The van der Waals surface area contributed by atoms with Gasteiger partial charge in [0.2, 0.25) is 11.7 Å². The largest absolute Gasteiger partial charge is 0.337 e. The second kappa shape index (κ2) is 5.05. The number of aromatic nitrogens is 4. The highest BCUT2D eigenvalue weighted by Crippen LogP contribution is 2.31. The Bertz CT molecular complexity index is 550. The van der Waals surface area contributed by atoms with Crippen molar-refractivity contribution in [1.29, 1.82) is 0 Å². The number of hydrogen-bond acceptors (Lipinski definition) is 6. The lowest BCUT2D eigenvalue weighted by molar-refractivity contribution is 0.217. The fourth-order valence-corrected chi connectivity index (χ4v) is 2.48. The van der Waals surface area contributed by atoms with Gasteiger partial charge in [-0.3, -0.25) is 4.90 Å². The number of rotatable bonds is 3. The van der Waals surface area contributed by atoms with Crippen molar-refractivity contribution >= 4 is 0 Å². The molecule has 0 aliphatic carbocycles. The molecule has 1 aliphatic rings. The van der Waals surface area contributed by atoms with Crippen molar-refractivity contribution < 1.29 is 4.52 Å². The van der Waals surface area contributed by atoms with Crippen LogP contribution in [0.1, 0.15) is 37.4 Å². The number of nitrogens with zero attached hydrogens (tertiary/aromatic N) is 5. The van der Waals surface area contributed by atoms with Crippen LogP contribution in [-0.2, 0) is 0 Å². The van der Waals surface area contributed by atoms with Crippen LogP contribution in [0.25, 0.3) is 11.5 Å². The average molecular weight is 259 g/mol. The Balaban J connectivity index is 1.85. The van der Waals surface area contributed by atoms with Gasteiger partial charge in [-0.15, -0.1) is 5.10 Å². The van der Waals surface area contributed by atoms with Crippen LogP contribution in [0.5, 0.6) is 0 Å². The monoisotopic (exact) mass is 259 g/mol. The predicted molar refractivity (Wildman–Crippen MR) is 69.3 cm³/mol. The van der Waals surface area contributed by atoms with E-state index in [2.05, 4.69) is 32.2 Å². The van der Waals surface area contributed by atoms with Crippen molar-refractivity contribution in [3.8, 4) is 11.5 Å². The third-order valence-electron chi connectivity index (χ3n) is 3.52. The Hall–Kier alpha value is -1.82. The number of aryl methyl sites for hydroxylation is 1. The highest BCUT2D eigenvalue weighted by Gasteiger charge is 2.29. The predicted octanol–water partition coefficient (Wildman–Crippen LogP) is 1.99. The number of hydrogen-bond donors (Lipinski definition) is 0. The Morgan fingerprint density at radius 2 is 2.26 bits per heavy atom. The van der Waals surface area contributed by atoms with E-state index in [0.717, 1.165) is 25.2 Å². The van der Waals surface area contributed by atoms with Crippen LogP contribution in [0.3, 0.4) is 0 Å². The summed E-state index contributed by atoms with van der Waals surface area (Å²) < 4.78 is 5.39. The van der Waals surface area contributed by atoms with Gasteiger partial charge in [-0.05, 0) is 45.0 Å². The lowest BCUT2D eigenvalue weighted by Gasteiger charge is -2.18. The van der Waals surface area contributed by atoms with E-state index < -0.39 is 0 Å². The molecular formula is C13H17N5O. The van der Waals surface area contributed by atoms with Crippen LogP contribution in [0.15, 0.2) is 16.7 Å². The molecule has 19 heavy (non-hydrogen) atoms. The molecule has 1 saturated heterocycles. The van der Waals surface area contributed by atoms with E-state index in [0.29, 0.717) is 17.4 Å². The highest BCUT2D eigenvalue weighted by molar-refractivity contribution is 5.46. The minimum absolute atomic E-state index is 0.254. The molecule has 1 fully saturated rings. The minimum Gasteiger partial charge on any atom is -0.337 e. The topological polar surface area (TPSA) is 67.9 Å². The van der Waals surface area contributed by atoms with Gasteiger partial charge in [-0.25, -0.2) is 0 Å². The first-order valence-corrected chi connectivity index (χ1v) is 6.66. The summed E-state index contributed by atoms with van der Waals surface area (Å²) in [6.45, 7) is 6.16. The maximum atomic E-state index is 5.39. The first kappa shape index (κ1) is 12.2. The van der Waals surface area contributed by atoms with E-state index in [1.165, 1.54) is 6.42 Å². The van der Waals surface area contributed by atoms with E-state index in [4.69, 9.17) is 4.52 Å². The molecule has 2 aromatic rings. The zero-order valence-corrected chi connectivity index (χ0v) is 11.2. The molecule has 3 rings (SSSR count). The quantitative estimate of drug-likeness (QED) is 0.839. The Morgan fingerprint density at radius 1 is 1.37 bits per heavy atom. The van der Waals surface area contributed by atoms with Gasteiger partial charge in [0.25, 0.3) is 0 Å². The molecule has 2 aromatic heterocycles. The molecule has 100 valence electrons. The lowest BCUT2D eigenvalue weighted by atomic mass is 10.2. The summed E-state index contributed by atoms with van der Waals surface area (Å²) in [4.78, 5) is 6.83. The summed E-state index contributed by atoms with van der Waals surface area (Å²) in [6, 6.07) is 4.01. The smallest absolute Gasteiger partial charge is 0.244 e. The standard InChI is InChI=1S/C13H17N5O/c1-3-18-8-4-5-11(18)13-14-12(17-19-13)10-7-6-9(2)15-16-10/h6-7,11H,3-5,8H2,1-2H3. The summed E-state index contributed by atoms with van der Waals surface area (Å²) in [5.74, 6) is 1.21. The molecule has 0 saturated carbocycles. The van der Waals surface area contributed by atoms with Gasteiger partial charge in [0.05, 0.1) is 11.7 Å². The van der Waals surface area contributed by atoms with Gasteiger partial charge < -0.3 is 4.52 Å². The molecule has 0 amide bonds. The Kier molecular flexibility index (Phi) is 3.25. The normalized spacial score (nSPS) is 20.0. The summed E-state index contributed by atoms with van der Waals surface area (Å²) in [6.07, 6.45) is 2.26. The molecule has 0 N–H and O–H groups in total. The molecule has 1 atom stereocenters. The van der Waals surface area contributed by atoms with Gasteiger partial charge in [0, 0.05) is 0 Å². The summed E-state index contributed by atoms with van der Waals surface area (Å²) >= 11 is 0. The van der Waals surface area contributed by atoms with Crippen LogP contribution in [0.4, 0.5) is 0 Å². The van der Waals surface area contributed by atoms with E-state index in [1.807, 2.05) is 19.1 Å². The molecule has 0 radical (unpaired) electrons. The second-order valence-electron chi connectivity index (χ2n) is 4.80. The van der Waals surface area contributed by atoms with Crippen LogP contribution >= 0.6 is 0 Å². The zero-order valence-electron chi connectivity index (χ0n) is 11.2. The third kappa shape index (κ3) is 2.35. The van der Waals surface area contributed by atoms with E-state index >= 15 is 0 Å². The van der Waals surface area contributed by atoms with Crippen molar-refractivity contribution in [2.45, 2.75) is 32.7 Å². The highest BCUT2D eigenvalue weighted by atomic mass is 16.5. The van der Waals surface area contributed by atoms with Gasteiger partial charge in [-0.2, -0.15) is 10.1 Å². The average Bonchev–Trinajstić information content (AvgIpc) is 3.07. The Morgan fingerprint density at radius 3 is 3.00 bits per heavy atom. The first-order valence-electron chi connectivity index (χ1n) is 6.66. The van der Waals surface area contributed by atoms with Gasteiger partial charge in [0.15, 0.2) is 0 Å². The van der Waals surface area contributed by atoms with Crippen molar-refractivity contribution in [3.63, 3.8) is 0 Å². The molecule has 1 unspecified atom stereocenters. The molecule has 0 aromatic carbocycles. The SMILES string of the molecule is CCN1CCCC1c1nc(-c2ccc(C)nn2)no1. The van der Waals surface area contributed by atoms with Crippen LogP contribution in [-0.4, -0.2) is 38.3 Å². The summed E-state index contributed by atoms with van der Waals surface area (Å²) in [5, 5.41) is 12.1. The Labute approximate surface area is 111 Å². The lowest BCUT2D eigenvalue weighted by Crippen LogP contribution is -2.22. The van der Waals surface area contributed by atoms with E-state index in [9.17, 15) is 0 Å². The molecule has 6 heteroatoms. The number of likely N-dealkylation sites (tertiary alicyclic amines) is 1. The summed E-state index contributed by atoms with van der Waals surface area (Å²) in [7, 11) is 0. The van der Waals surface area contributed by atoms with E-state index in [-0.39, 0.29) is 6.04 Å². The van der Waals surface area contributed by atoms with E-state index in [1.54, 1.807) is 0 Å². The zero-order chi connectivity index (χ0) is 13.2. The molecule has 1 aliphatic heterocycles. The minimum atomic E-state index is 0.254. The fraction of sp³-hybridized carbons (Fsp3) is 0.538. The molecular weight excluding hydrogens is 242 g/mol. The molecule has 0 spiro atoms. The van der Waals surface area contributed by atoms with Crippen LogP contribution < -0.4 is 0 Å². The molecule has 3 heterocycles. The third-order valence-corrected chi connectivity index (χ3v) is 3.52. The maximum Gasteiger partial charge on any atom is 0.244 e. The van der Waals surface area contributed by atoms with Crippen molar-refractivity contribution in [1.82, 2.24) is 25.2 Å². The fourth-order valence-electron chi connectivity index (χ4n) is 2.48. The van der Waals surface area contributed by atoms with Crippen LogP contribution in [0, 0.1) is 6.92 Å². The first-order chi connectivity index (χ1) is 9.28.